The molecule has 0 atom stereocenters. The molecule has 154 valence electrons. The number of sulfonamides is 1. The Balaban J connectivity index is 1.65. The predicted molar refractivity (Wildman–Crippen MR) is 116 cm³/mol. The van der Waals surface area contributed by atoms with Gasteiger partial charge in [0.15, 0.2) is 0 Å². The molecule has 0 fully saturated rings. The van der Waals surface area contributed by atoms with Gasteiger partial charge in [-0.15, -0.1) is 0 Å². The maximum absolute atomic E-state index is 13.3. The normalized spacial score (nSPS) is 13.2. The summed E-state index contributed by atoms with van der Waals surface area (Å²) in [6.07, 6.45) is 3.99. The Labute approximate surface area is 180 Å². The van der Waals surface area contributed by atoms with Gasteiger partial charge in [-0.2, -0.15) is 0 Å². The van der Waals surface area contributed by atoms with Gasteiger partial charge in [-0.05, 0) is 53.9 Å². The third kappa shape index (κ3) is 4.17. The number of benzene rings is 2. The highest BCUT2D eigenvalue weighted by molar-refractivity contribution is 7.89. The van der Waals surface area contributed by atoms with Gasteiger partial charge >= 0.3 is 0 Å². The van der Waals surface area contributed by atoms with Gasteiger partial charge in [0.1, 0.15) is 0 Å². The minimum atomic E-state index is -4.06. The Bertz CT molecular complexity index is 1150. The van der Waals surface area contributed by atoms with E-state index in [1.54, 1.807) is 24.5 Å². The van der Waals surface area contributed by atoms with Crippen LogP contribution in [0.4, 0.5) is 5.69 Å². The highest BCUT2D eigenvalue weighted by atomic mass is 35.5. The number of amides is 1. The summed E-state index contributed by atoms with van der Waals surface area (Å²) in [7, 11) is -4.06. The van der Waals surface area contributed by atoms with E-state index in [0.29, 0.717) is 17.1 Å². The molecule has 0 saturated carbocycles. The number of anilines is 1. The van der Waals surface area contributed by atoms with Crippen LogP contribution in [0.5, 0.6) is 0 Å². The summed E-state index contributed by atoms with van der Waals surface area (Å²) < 4.78 is 27.6. The first-order chi connectivity index (χ1) is 14.4. The highest BCUT2D eigenvalue weighted by Gasteiger charge is 2.32. The number of halogens is 1. The fraction of sp³-hybridized carbons (Fsp3) is 0.182. The summed E-state index contributed by atoms with van der Waals surface area (Å²) >= 11 is 5.90. The first kappa shape index (κ1) is 20.4. The summed E-state index contributed by atoms with van der Waals surface area (Å²) in [5, 5.41) is 0.424. The van der Waals surface area contributed by atoms with Crippen molar-refractivity contribution < 1.29 is 13.2 Å². The van der Waals surface area contributed by atoms with Crippen molar-refractivity contribution in [1.82, 2.24) is 9.29 Å². The van der Waals surface area contributed by atoms with Crippen LogP contribution in [0.3, 0.4) is 0 Å². The Hall–Kier alpha value is -2.90. The number of hydrogen-bond donors (Lipinski definition) is 0. The minimum absolute atomic E-state index is 0.0194. The molecular formula is C22H20ClN3O3S. The van der Waals surface area contributed by atoms with Gasteiger partial charge in [0.25, 0.3) is 15.9 Å². The van der Waals surface area contributed by atoms with Crippen LogP contribution in [-0.2, 0) is 27.8 Å². The SMILES string of the molecule is O=C(CN1CCc2ccccc21)N(Cc1cccnc1)S(=O)(=O)c1ccc(Cl)cc1. The van der Waals surface area contributed by atoms with E-state index in [0.717, 1.165) is 22.0 Å². The molecule has 1 aromatic heterocycles. The van der Waals surface area contributed by atoms with Crippen LogP contribution in [0, 0.1) is 0 Å². The van der Waals surface area contributed by atoms with E-state index < -0.39 is 15.9 Å². The fourth-order valence-electron chi connectivity index (χ4n) is 3.51. The maximum Gasteiger partial charge on any atom is 0.266 e. The van der Waals surface area contributed by atoms with E-state index in [1.165, 1.54) is 24.3 Å². The van der Waals surface area contributed by atoms with Crippen molar-refractivity contribution in [3.8, 4) is 0 Å². The molecule has 0 aliphatic carbocycles. The molecule has 2 aromatic carbocycles. The highest BCUT2D eigenvalue weighted by Crippen LogP contribution is 2.28. The molecule has 4 rings (SSSR count). The van der Waals surface area contributed by atoms with Crippen LogP contribution in [-0.4, -0.2) is 36.7 Å². The number of fused-ring (bicyclic) bond motifs is 1. The average molecular weight is 442 g/mol. The molecule has 0 radical (unpaired) electrons. The molecule has 0 spiro atoms. The molecule has 6 nitrogen and oxygen atoms in total. The molecule has 1 aliphatic rings. The predicted octanol–water partition coefficient (Wildman–Crippen LogP) is 3.52. The van der Waals surface area contributed by atoms with E-state index in [-0.39, 0.29) is 18.0 Å². The van der Waals surface area contributed by atoms with Crippen LogP contribution in [0.15, 0.2) is 78.0 Å². The van der Waals surface area contributed by atoms with Crippen molar-refractivity contribution in [3.05, 3.63) is 89.2 Å². The molecular weight excluding hydrogens is 422 g/mol. The van der Waals surface area contributed by atoms with Gasteiger partial charge in [-0.1, -0.05) is 35.9 Å². The van der Waals surface area contributed by atoms with E-state index in [9.17, 15) is 13.2 Å². The van der Waals surface area contributed by atoms with E-state index in [4.69, 9.17) is 11.6 Å². The lowest BCUT2D eigenvalue weighted by Gasteiger charge is -2.26. The van der Waals surface area contributed by atoms with Gasteiger partial charge in [-0.3, -0.25) is 9.78 Å². The van der Waals surface area contributed by atoms with Gasteiger partial charge in [0.05, 0.1) is 18.0 Å². The Morgan fingerprint density at radius 3 is 2.57 bits per heavy atom. The van der Waals surface area contributed by atoms with Crippen LogP contribution in [0.1, 0.15) is 11.1 Å². The summed E-state index contributed by atoms with van der Waals surface area (Å²) in [6, 6.07) is 17.1. The fourth-order valence-corrected chi connectivity index (χ4v) is 5.02. The maximum atomic E-state index is 13.3. The van der Waals surface area contributed by atoms with Crippen molar-refractivity contribution in [3.63, 3.8) is 0 Å². The third-order valence-corrected chi connectivity index (χ3v) is 7.07. The van der Waals surface area contributed by atoms with Crippen LogP contribution in [0.25, 0.3) is 0 Å². The summed E-state index contributed by atoms with van der Waals surface area (Å²) in [5.74, 6) is -0.495. The largest absolute Gasteiger partial charge is 0.362 e. The molecule has 1 amide bonds. The standard InChI is InChI=1S/C22H20ClN3O3S/c23-19-7-9-20(10-8-19)30(28,29)26(15-17-4-3-12-24-14-17)22(27)16-25-13-11-18-5-1-2-6-21(18)25/h1-10,12,14H,11,13,15-16H2. The minimum Gasteiger partial charge on any atom is -0.362 e. The Morgan fingerprint density at radius 2 is 1.83 bits per heavy atom. The average Bonchev–Trinajstić information content (AvgIpc) is 3.16. The van der Waals surface area contributed by atoms with Crippen LogP contribution < -0.4 is 4.90 Å². The van der Waals surface area contributed by atoms with Gasteiger partial charge in [0.2, 0.25) is 0 Å². The molecule has 0 N–H and O–H groups in total. The molecule has 0 unspecified atom stereocenters. The van der Waals surface area contributed by atoms with Crippen molar-refractivity contribution in [2.75, 3.05) is 18.0 Å². The summed E-state index contributed by atoms with van der Waals surface area (Å²) in [4.78, 5) is 19.2. The zero-order chi connectivity index (χ0) is 21.1. The van der Waals surface area contributed by atoms with Crippen LogP contribution in [0.2, 0.25) is 5.02 Å². The molecule has 2 heterocycles. The number of rotatable bonds is 6. The smallest absolute Gasteiger partial charge is 0.266 e. The lowest BCUT2D eigenvalue weighted by molar-refractivity contribution is -0.125. The molecule has 0 saturated heterocycles. The lowest BCUT2D eigenvalue weighted by Crippen LogP contribution is -2.43. The monoisotopic (exact) mass is 441 g/mol. The number of pyridine rings is 1. The second-order valence-electron chi connectivity index (χ2n) is 7.02. The van der Waals surface area contributed by atoms with E-state index >= 15 is 0 Å². The van der Waals surface area contributed by atoms with Crippen LogP contribution >= 0.6 is 11.6 Å². The third-order valence-electron chi connectivity index (χ3n) is 5.04. The quantitative estimate of drug-likeness (QED) is 0.585. The first-order valence-corrected chi connectivity index (χ1v) is 11.3. The lowest BCUT2D eigenvalue weighted by atomic mass is 10.2. The van der Waals surface area contributed by atoms with Gasteiger partial charge < -0.3 is 4.90 Å². The molecule has 0 bridgehead atoms. The van der Waals surface area contributed by atoms with Gasteiger partial charge in [0, 0.05) is 29.6 Å². The summed E-state index contributed by atoms with van der Waals surface area (Å²) in [6.45, 7) is 0.560. The number of aromatic nitrogens is 1. The summed E-state index contributed by atoms with van der Waals surface area (Å²) in [5.41, 5.74) is 2.76. The van der Waals surface area contributed by atoms with Gasteiger partial charge in [-0.25, -0.2) is 12.7 Å². The van der Waals surface area contributed by atoms with E-state index in [2.05, 4.69) is 4.98 Å². The molecule has 8 heteroatoms. The zero-order valence-electron chi connectivity index (χ0n) is 16.1. The first-order valence-electron chi connectivity index (χ1n) is 9.48. The zero-order valence-corrected chi connectivity index (χ0v) is 17.7. The molecule has 30 heavy (non-hydrogen) atoms. The number of para-hydroxylation sites is 1. The number of nitrogens with zero attached hydrogens (tertiary/aromatic N) is 3. The second kappa shape index (κ2) is 8.45. The molecule has 3 aromatic rings. The number of carbonyl (C=O) groups excluding carboxylic acids is 1. The Kier molecular flexibility index (Phi) is 5.74. The van der Waals surface area contributed by atoms with Crippen molar-refractivity contribution in [2.24, 2.45) is 0 Å². The second-order valence-corrected chi connectivity index (χ2v) is 9.32. The van der Waals surface area contributed by atoms with Crippen molar-refractivity contribution in [1.29, 1.82) is 0 Å². The Morgan fingerprint density at radius 1 is 1.07 bits per heavy atom. The number of carbonyl (C=O) groups is 1. The number of hydrogen-bond acceptors (Lipinski definition) is 5. The topological polar surface area (TPSA) is 70.6 Å². The van der Waals surface area contributed by atoms with Crippen molar-refractivity contribution in [2.45, 2.75) is 17.9 Å². The van der Waals surface area contributed by atoms with Crippen molar-refractivity contribution >= 4 is 33.2 Å². The van der Waals surface area contributed by atoms with E-state index in [1.807, 2.05) is 29.2 Å². The molecule has 1 aliphatic heterocycles.